The summed E-state index contributed by atoms with van der Waals surface area (Å²) in [5, 5.41) is 0.750. The molecular weight excluding hydrogens is 298 g/mol. The van der Waals surface area contributed by atoms with Crippen molar-refractivity contribution in [2.24, 2.45) is 0 Å². The van der Waals surface area contributed by atoms with Gasteiger partial charge in [-0.3, -0.25) is 4.79 Å². The lowest BCUT2D eigenvalue weighted by Gasteiger charge is -2.24. The molecule has 0 spiro atoms. The third kappa shape index (κ3) is 3.85. The molecule has 0 saturated carbocycles. The van der Waals surface area contributed by atoms with Gasteiger partial charge in [-0.2, -0.15) is 0 Å². The van der Waals surface area contributed by atoms with Crippen LogP contribution in [0.3, 0.4) is 0 Å². The lowest BCUT2D eigenvalue weighted by molar-refractivity contribution is 0.0706. The van der Waals surface area contributed by atoms with Crippen molar-refractivity contribution >= 4 is 17.7 Å². The third-order valence-electron chi connectivity index (χ3n) is 3.66. The van der Waals surface area contributed by atoms with Crippen molar-refractivity contribution in [2.45, 2.75) is 24.5 Å². The Morgan fingerprint density at radius 3 is 2.50 bits per heavy atom. The van der Waals surface area contributed by atoms with Crippen molar-refractivity contribution in [3.8, 4) is 5.75 Å². The molecule has 1 aromatic carbocycles. The zero-order valence-corrected chi connectivity index (χ0v) is 14.1. The molecule has 1 amide bonds. The lowest BCUT2D eigenvalue weighted by Crippen LogP contribution is -2.36. The number of hydrogen-bond donors (Lipinski definition) is 0. The standard InChI is InChI=1S/C17H21NO3S/c1-12(11-13-5-7-14(20-3)8-6-13)18(2)17(19)15-9-10-16(21-15)22-4/h5-10,12H,11H2,1-4H3. The number of furan rings is 1. The van der Waals surface area contributed by atoms with E-state index in [2.05, 4.69) is 0 Å². The number of ether oxygens (including phenoxy) is 1. The Kier molecular flexibility index (Phi) is 5.55. The molecule has 1 aromatic heterocycles. The van der Waals surface area contributed by atoms with Crippen molar-refractivity contribution in [3.05, 3.63) is 47.7 Å². The van der Waals surface area contributed by atoms with E-state index in [9.17, 15) is 4.79 Å². The number of benzene rings is 1. The van der Waals surface area contributed by atoms with E-state index < -0.39 is 0 Å². The van der Waals surface area contributed by atoms with Crippen LogP contribution in [0.25, 0.3) is 0 Å². The maximum atomic E-state index is 12.4. The van der Waals surface area contributed by atoms with E-state index >= 15 is 0 Å². The second-order valence-electron chi connectivity index (χ2n) is 5.14. The first-order valence-corrected chi connectivity index (χ1v) is 8.31. The van der Waals surface area contributed by atoms with Gasteiger partial charge in [0, 0.05) is 13.1 Å². The molecular formula is C17H21NO3S. The van der Waals surface area contributed by atoms with Gasteiger partial charge in [0.15, 0.2) is 10.9 Å². The fourth-order valence-electron chi connectivity index (χ4n) is 2.16. The van der Waals surface area contributed by atoms with Gasteiger partial charge in [-0.05, 0) is 49.4 Å². The Balaban J connectivity index is 2.01. The van der Waals surface area contributed by atoms with Crippen molar-refractivity contribution < 1.29 is 13.9 Å². The normalized spacial score (nSPS) is 12.0. The number of thioether (sulfide) groups is 1. The number of likely N-dealkylation sites (N-methyl/N-ethyl adjacent to an activating group) is 1. The number of hydrogen-bond acceptors (Lipinski definition) is 4. The monoisotopic (exact) mass is 319 g/mol. The van der Waals surface area contributed by atoms with Gasteiger partial charge in [0.25, 0.3) is 5.91 Å². The minimum atomic E-state index is -0.0960. The molecule has 1 atom stereocenters. The molecule has 0 aliphatic carbocycles. The summed E-state index contributed by atoms with van der Waals surface area (Å²) >= 11 is 1.48. The number of carbonyl (C=O) groups excluding carboxylic acids is 1. The van der Waals surface area contributed by atoms with Gasteiger partial charge < -0.3 is 14.1 Å². The molecule has 0 fully saturated rings. The van der Waals surface area contributed by atoms with E-state index in [-0.39, 0.29) is 11.9 Å². The van der Waals surface area contributed by atoms with Gasteiger partial charge in [-0.15, -0.1) is 0 Å². The number of rotatable bonds is 6. The van der Waals surface area contributed by atoms with Gasteiger partial charge in [-0.1, -0.05) is 23.9 Å². The Morgan fingerprint density at radius 2 is 1.95 bits per heavy atom. The van der Waals surface area contributed by atoms with E-state index in [4.69, 9.17) is 9.15 Å². The molecule has 5 heteroatoms. The largest absolute Gasteiger partial charge is 0.497 e. The first-order chi connectivity index (χ1) is 10.5. The van der Waals surface area contributed by atoms with Crippen LogP contribution in [-0.2, 0) is 6.42 Å². The van der Waals surface area contributed by atoms with Crippen molar-refractivity contribution in [3.63, 3.8) is 0 Å². The van der Waals surface area contributed by atoms with Crippen LogP contribution in [0.2, 0.25) is 0 Å². The molecule has 0 N–H and O–H groups in total. The minimum absolute atomic E-state index is 0.0729. The van der Waals surface area contributed by atoms with Crippen LogP contribution in [-0.4, -0.2) is 37.3 Å². The van der Waals surface area contributed by atoms with Crippen LogP contribution in [0.15, 0.2) is 45.9 Å². The second-order valence-corrected chi connectivity index (χ2v) is 5.95. The number of nitrogens with zero attached hydrogens (tertiary/aromatic N) is 1. The zero-order chi connectivity index (χ0) is 16.1. The third-order valence-corrected chi connectivity index (χ3v) is 4.29. The highest BCUT2D eigenvalue weighted by molar-refractivity contribution is 7.98. The van der Waals surface area contributed by atoms with Gasteiger partial charge >= 0.3 is 0 Å². The summed E-state index contributed by atoms with van der Waals surface area (Å²) < 4.78 is 10.7. The summed E-state index contributed by atoms with van der Waals surface area (Å²) in [7, 11) is 3.45. The lowest BCUT2D eigenvalue weighted by atomic mass is 10.1. The van der Waals surface area contributed by atoms with Crippen LogP contribution in [0, 0.1) is 0 Å². The number of amides is 1. The SMILES string of the molecule is COc1ccc(CC(C)N(C)C(=O)c2ccc(SC)o2)cc1. The number of carbonyl (C=O) groups is 1. The molecule has 22 heavy (non-hydrogen) atoms. The highest BCUT2D eigenvalue weighted by Crippen LogP contribution is 2.20. The van der Waals surface area contributed by atoms with E-state index in [1.807, 2.05) is 43.5 Å². The van der Waals surface area contributed by atoms with Gasteiger partial charge in [-0.25, -0.2) is 0 Å². The molecule has 2 rings (SSSR count). The fraction of sp³-hybridized carbons (Fsp3) is 0.353. The molecule has 0 bridgehead atoms. The first kappa shape index (κ1) is 16.5. The Morgan fingerprint density at radius 1 is 1.27 bits per heavy atom. The van der Waals surface area contributed by atoms with Gasteiger partial charge in [0.1, 0.15) is 5.75 Å². The van der Waals surface area contributed by atoms with Crippen LogP contribution in [0.5, 0.6) is 5.75 Å². The zero-order valence-electron chi connectivity index (χ0n) is 13.3. The Bertz CT molecular complexity index is 621. The van der Waals surface area contributed by atoms with Crippen molar-refractivity contribution in [1.29, 1.82) is 0 Å². The van der Waals surface area contributed by atoms with Gasteiger partial charge in [0.2, 0.25) is 0 Å². The average Bonchev–Trinajstić information content (AvgIpc) is 3.03. The van der Waals surface area contributed by atoms with E-state index in [1.54, 1.807) is 25.1 Å². The predicted molar refractivity (Wildman–Crippen MR) is 88.7 cm³/mol. The van der Waals surface area contributed by atoms with E-state index in [1.165, 1.54) is 11.8 Å². The molecule has 0 radical (unpaired) electrons. The predicted octanol–water partition coefficient (Wildman–Crippen LogP) is 3.71. The summed E-state index contributed by atoms with van der Waals surface area (Å²) in [6, 6.07) is 11.5. The maximum absolute atomic E-state index is 12.4. The van der Waals surface area contributed by atoms with Crippen LogP contribution in [0.4, 0.5) is 0 Å². The molecule has 118 valence electrons. The molecule has 4 nitrogen and oxygen atoms in total. The highest BCUT2D eigenvalue weighted by atomic mass is 32.2. The van der Waals surface area contributed by atoms with Crippen LogP contribution < -0.4 is 4.74 Å². The second kappa shape index (κ2) is 7.40. The molecule has 1 heterocycles. The van der Waals surface area contributed by atoms with Crippen molar-refractivity contribution in [2.75, 3.05) is 20.4 Å². The summed E-state index contributed by atoms with van der Waals surface area (Å²) in [5.41, 5.74) is 1.16. The summed E-state index contributed by atoms with van der Waals surface area (Å²) in [6.45, 7) is 2.03. The fourth-order valence-corrected chi connectivity index (χ4v) is 2.54. The highest BCUT2D eigenvalue weighted by Gasteiger charge is 2.20. The Labute approximate surface area is 135 Å². The summed E-state index contributed by atoms with van der Waals surface area (Å²) in [4.78, 5) is 14.1. The smallest absolute Gasteiger partial charge is 0.289 e. The number of methoxy groups -OCH3 is 1. The summed E-state index contributed by atoms with van der Waals surface area (Å²) in [5.74, 6) is 1.12. The average molecular weight is 319 g/mol. The van der Waals surface area contributed by atoms with Crippen molar-refractivity contribution in [1.82, 2.24) is 4.90 Å². The molecule has 2 aromatic rings. The van der Waals surface area contributed by atoms with Gasteiger partial charge in [0.05, 0.1) is 7.11 Å². The van der Waals surface area contributed by atoms with E-state index in [0.29, 0.717) is 5.76 Å². The molecule has 0 saturated heterocycles. The molecule has 1 unspecified atom stereocenters. The topological polar surface area (TPSA) is 42.7 Å². The maximum Gasteiger partial charge on any atom is 0.289 e. The van der Waals surface area contributed by atoms with Crippen LogP contribution >= 0.6 is 11.8 Å². The van der Waals surface area contributed by atoms with Crippen LogP contribution in [0.1, 0.15) is 23.0 Å². The summed E-state index contributed by atoms with van der Waals surface area (Å²) in [6.07, 6.45) is 2.70. The molecule has 0 aliphatic heterocycles. The molecule has 0 aliphatic rings. The van der Waals surface area contributed by atoms with E-state index in [0.717, 1.165) is 22.8 Å². The quantitative estimate of drug-likeness (QED) is 0.761. The first-order valence-electron chi connectivity index (χ1n) is 7.09. The minimum Gasteiger partial charge on any atom is -0.497 e. The Hall–Kier alpha value is -1.88.